The van der Waals surface area contributed by atoms with Gasteiger partial charge in [0.15, 0.2) is 5.13 Å². The van der Waals surface area contributed by atoms with E-state index in [1.54, 1.807) is 12.0 Å². The number of hydrogen-bond donors (Lipinski definition) is 1. The van der Waals surface area contributed by atoms with Crippen molar-refractivity contribution in [3.63, 3.8) is 0 Å². The molecule has 35 heavy (non-hydrogen) atoms. The molecule has 4 rings (SSSR count). The summed E-state index contributed by atoms with van der Waals surface area (Å²) in [5, 5.41) is 3.38. The second-order valence-electron chi connectivity index (χ2n) is 8.70. The van der Waals surface area contributed by atoms with Crippen LogP contribution in [0.15, 0.2) is 48.5 Å². The van der Waals surface area contributed by atoms with Crippen molar-refractivity contribution in [2.75, 3.05) is 18.6 Å². The number of imide groups is 1. The molecular formula is C26H30N4O4S. The van der Waals surface area contributed by atoms with Gasteiger partial charge in [0.05, 0.1) is 23.9 Å². The highest BCUT2D eigenvalue weighted by atomic mass is 32.1. The lowest BCUT2D eigenvalue weighted by Crippen LogP contribution is -2.48. The van der Waals surface area contributed by atoms with E-state index < -0.39 is 11.6 Å². The van der Waals surface area contributed by atoms with Gasteiger partial charge < -0.3 is 10.1 Å². The Balaban J connectivity index is 1.64. The molecule has 2 aromatic carbocycles. The first kappa shape index (κ1) is 24.7. The van der Waals surface area contributed by atoms with Gasteiger partial charge in [0.1, 0.15) is 17.8 Å². The van der Waals surface area contributed by atoms with E-state index in [-0.39, 0.29) is 24.9 Å². The number of anilines is 1. The number of methoxy groups -OCH3 is 1. The molecule has 9 heteroatoms. The van der Waals surface area contributed by atoms with Crippen molar-refractivity contribution in [2.24, 2.45) is 0 Å². The van der Waals surface area contributed by atoms with Crippen LogP contribution < -0.4 is 15.0 Å². The molecule has 184 valence electrons. The minimum Gasteiger partial charge on any atom is -0.497 e. The largest absolute Gasteiger partial charge is 0.497 e. The first-order chi connectivity index (χ1) is 16.9. The molecule has 0 aliphatic carbocycles. The van der Waals surface area contributed by atoms with E-state index in [2.05, 4.69) is 10.3 Å². The van der Waals surface area contributed by atoms with Gasteiger partial charge in [-0.2, -0.15) is 0 Å². The van der Waals surface area contributed by atoms with Gasteiger partial charge in [-0.3, -0.25) is 19.4 Å². The smallest absolute Gasteiger partial charge is 0.325 e. The number of aromatic nitrogens is 1. The molecule has 1 aliphatic heterocycles. The predicted molar refractivity (Wildman–Crippen MR) is 137 cm³/mol. The summed E-state index contributed by atoms with van der Waals surface area (Å²) in [5.41, 5.74) is 0.732. The lowest BCUT2D eigenvalue weighted by atomic mass is 9.88. The van der Waals surface area contributed by atoms with Gasteiger partial charge in [-0.1, -0.05) is 68.4 Å². The van der Waals surface area contributed by atoms with Gasteiger partial charge in [0, 0.05) is 0 Å². The molecule has 1 aliphatic rings. The Hall–Kier alpha value is -3.46. The second kappa shape index (κ2) is 10.4. The zero-order chi connectivity index (χ0) is 25.0. The number of carbonyl (C=O) groups is 3. The highest BCUT2D eigenvalue weighted by Gasteiger charge is 2.50. The molecule has 1 aromatic heterocycles. The standard InChI is InChI=1S/C26H30N4O4S/c1-4-13-26(14-5-2)23(32)30(24(33)28-26)17-22(31)29(16-18-9-7-6-8-10-18)25-27-20-12-11-19(34-3)15-21(20)35-25/h6-12,15H,4-5,13-14,16-17H2,1-3H3,(H,28,33). The number of amides is 4. The predicted octanol–water partition coefficient (Wildman–Crippen LogP) is 4.73. The molecule has 1 fully saturated rings. The summed E-state index contributed by atoms with van der Waals surface area (Å²) in [4.78, 5) is 47.0. The fourth-order valence-electron chi connectivity index (χ4n) is 4.52. The molecule has 0 atom stereocenters. The van der Waals surface area contributed by atoms with Crippen molar-refractivity contribution >= 4 is 44.5 Å². The van der Waals surface area contributed by atoms with Crippen LogP contribution in [0.5, 0.6) is 5.75 Å². The summed E-state index contributed by atoms with van der Waals surface area (Å²) >= 11 is 1.37. The first-order valence-electron chi connectivity index (χ1n) is 11.8. The SMILES string of the molecule is CCCC1(CCC)NC(=O)N(CC(=O)N(Cc2ccccc2)c2nc3ccc(OC)cc3s2)C1=O. The average molecular weight is 495 g/mol. The molecular weight excluding hydrogens is 464 g/mol. The summed E-state index contributed by atoms with van der Waals surface area (Å²) < 4.78 is 6.20. The summed E-state index contributed by atoms with van der Waals surface area (Å²) in [6.45, 7) is 3.89. The molecule has 0 radical (unpaired) electrons. The molecule has 0 bridgehead atoms. The summed E-state index contributed by atoms with van der Waals surface area (Å²) in [7, 11) is 1.60. The van der Waals surface area contributed by atoms with Crippen LogP contribution in [0.25, 0.3) is 10.2 Å². The fraction of sp³-hybridized carbons (Fsp3) is 0.385. The van der Waals surface area contributed by atoms with E-state index in [9.17, 15) is 14.4 Å². The van der Waals surface area contributed by atoms with Crippen molar-refractivity contribution in [3.05, 3.63) is 54.1 Å². The number of nitrogens with zero attached hydrogens (tertiary/aromatic N) is 3. The van der Waals surface area contributed by atoms with E-state index in [4.69, 9.17) is 4.74 Å². The van der Waals surface area contributed by atoms with E-state index in [1.165, 1.54) is 11.3 Å². The Morgan fingerprint density at radius 1 is 1.11 bits per heavy atom. The number of fused-ring (bicyclic) bond motifs is 1. The van der Waals surface area contributed by atoms with Crippen LogP contribution in [0, 0.1) is 0 Å². The van der Waals surface area contributed by atoms with Gasteiger partial charge in [0.2, 0.25) is 5.91 Å². The second-order valence-corrected chi connectivity index (χ2v) is 9.71. The Bertz CT molecular complexity index is 1220. The topological polar surface area (TPSA) is 91.8 Å². The monoisotopic (exact) mass is 494 g/mol. The maximum atomic E-state index is 13.6. The molecule has 1 saturated heterocycles. The molecule has 0 spiro atoms. The number of hydrogen-bond acceptors (Lipinski definition) is 6. The maximum Gasteiger partial charge on any atom is 0.325 e. The van der Waals surface area contributed by atoms with Crippen molar-refractivity contribution < 1.29 is 19.1 Å². The lowest BCUT2D eigenvalue weighted by molar-refractivity contribution is -0.134. The van der Waals surface area contributed by atoms with Crippen molar-refractivity contribution in [3.8, 4) is 5.75 Å². The van der Waals surface area contributed by atoms with Gasteiger partial charge in [0.25, 0.3) is 5.91 Å². The van der Waals surface area contributed by atoms with Crippen molar-refractivity contribution in [1.29, 1.82) is 0 Å². The van der Waals surface area contributed by atoms with Crippen LogP contribution in [0.4, 0.5) is 9.93 Å². The van der Waals surface area contributed by atoms with Crippen molar-refractivity contribution in [2.45, 2.75) is 51.6 Å². The Kier molecular flexibility index (Phi) is 7.35. The van der Waals surface area contributed by atoms with Crippen LogP contribution in [0.1, 0.15) is 45.1 Å². The molecule has 0 unspecified atom stereocenters. The third-order valence-electron chi connectivity index (χ3n) is 6.19. The van der Waals surface area contributed by atoms with Gasteiger partial charge in [-0.25, -0.2) is 9.78 Å². The summed E-state index contributed by atoms with van der Waals surface area (Å²) in [5.74, 6) is 0.0107. The lowest BCUT2D eigenvalue weighted by Gasteiger charge is -2.26. The Labute approximate surface area is 208 Å². The quantitative estimate of drug-likeness (QED) is 0.412. The minimum atomic E-state index is -0.933. The van der Waals surface area contributed by atoms with Gasteiger partial charge in [-0.05, 0) is 36.6 Å². The highest BCUT2D eigenvalue weighted by Crippen LogP contribution is 2.33. The zero-order valence-corrected chi connectivity index (χ0v) is 21.1. The number of carbonyl (C=O) groups excluding carboxylic acids is 3. The fourth-order valence-corrected chi connectivity index (χ4v) is 5.53. The van der Waals surface area contributed by atoms with Crippen LogP contribution in [0.2, 0.25) is 0 Å². The molecule has 2 heterocycles. The van der Waals surface area contributed by atoms with Crippen LogP contribution in [0.3, 0.4) is 0 Å². The molecule has 0 saturated carbocycles. The number of nitrogens with one attached hydrogen (secondary N) is 1. The third kappa shape index (κ3) is 5.00. The van der Waals surface area contributed by atoms with Crippen molar-refractivity contribution in [1.82, 2.24) is 15.2 Å². The molecule has 3 aromatic rings. The highest BCUT2D eigenvalue weighted by molar-refractivity contribution is 7.22. The van der Waals surface area contributed by atoms with E-state index in [0.717, 1.165) is 33.5 Å². The number of ether oxygens (including phenoxy) is 1. The third-order valence-corrected chi connectivity index (χ3v) is 7.23. The van der Waals surface area contributed by atoms with E-state index >= 15 is 0 Å². The molecule has 4 amide bonds. The Morgan fingerprint density at radius 3 is 2.49 bits per heavy atom. The summed E-state index contributed by atoms with van der Waals surface area (Å²) in [6, 6.07) is 14.6. The molecule has 8 nitrogen and oxygen atoms in total. The number of rotatable bonds is 10. The average Bonchev–Trinajstić information content (AvgIpc) is 3.37. The minimum absolute atomic E-state index is 0.273. The number of urea groups is 1. The Morgan fingerprint density at radius 2 is 1.83 bits per heavy atom. The number of benzene rings is 2. The van der Waals surface area contributed by atoms with Crippen LogP contribution in [-0.4, -0.2) is 46.9 Å². The molecule has 1 N–H and O–H groups in total. The van der Waals surface area contributed by atoms with E-state index in [0.29, 0.717) is 23.7 Å². The zero-order valence-electron chi connectivity index (χ0n) is 20.2. The van der Waals surface area contributed by atoms with Gasteiger partial charge in [-0.15, -0.1) is 0 Å². The van der Waals surface area contributed by atoms with Gasteiger partial charge >= 0.3 is 6.03 Å². The van der Waals surface area contributed by atoms with Crippen LogP contribution in [-0.2, 0) is 16.1 Å². The normalized spacial score (nSPS) is 14.9. The first-order valence-corrected chi connectivity index (χ1v) is 12.7. The maximum absolute atomic E-state index is 13.6. The number of thiazole rings is 1. The van der Waals surface area contributed by atoms with E-state index in [1.807, 2.05) is 62.4 Å². The van der Waals surface area contributed by atoms with Crippen LogP contribution >= 0.6 is 11.3 Å². The summed E-state index contributed by atoms with van der Waals surface area (Å²) in [6.07, 6.45) is 2.60.